The number of cyclic esters (lactones) is 1. The van der Waals surface area contributed by atoms with Crippen molar-refractivity contribution in [1.29, 1.82) is 0 Å². The molecule has 3 aromatic rings. The van der Waals surface area contributed by atoms with Crippen LogP contribution in [0, 0.1) is 0 Å². The van der Waals surface area contributed by atoms with E-state index in [1.807, 2.05) is 66.7 Å². The quantitative estimate of drug-likeness (QED) is 0.550. The zero-order valence-corrected chi connectivity index (χ0v) is 20.5. The van der Waals surface area contributed by atoms with Gasteiger partial charge in [-0.15, -0.1) is 12.4 Å². The molecule has 2 heterocycles. The number of aliphatic hydroxyl groups is 1. The van der Waals surface area contributed by atoms with Gasteiger partial charge in [0.05, 0.1) is 5.69 Å². The maximum atomic E-state index is 12.6. The lowest BCUT2D eigenvalue weighted by atomic mass is 9.94. The number of para-hydroxylation sites is 1. The first-order valence-corrected chi connectivity index (χ1v) is 12.0. The lowest BCUT2D eigenvalue weighted by Crippen LogP contribution is -2.51. The van der Waals surface area contributed by atoms with Crippen molar-refractivity contribution in [3.8, 4) is 11.1 Å². The molecule has 2 atom stereocenters. The van der Waals surface area contributed by atoms with Gasteiger partial charge in [-0.25, -0.2) is 4.79 Å². The molecule has 3 aliphatic rings. The third kappa shape index (κ3) is 3.93. The maximum Gasteiger partial charge on any atom is 0.414 e. The van der Waals surface area contributed by atoms with Gasteiger partial charge in [0.2, 0.25) is 5.91 Å². The summed E-state index contributed by atoms with van der Waals surface area (Å²) in [5, 5.41) is 10.9. The molecule has 1 fully saturated rings. The van der Waals surface area contributed by atoms with Crippen molar-refractivity contribution in [3.05, 3.63) is 89.0 Å². The van der Waals surface area contributed by atoms with Gasteiger partial charge in [0.15, 0.2) is 0 Å². The second-order valence-corrected chi connectivity index (χ2v) is 9.46. The summed E-state index contributed by atoms with van der Waals surface area (Å²) in [6, 6.07) is 20.9. The lowest BCUT2D eigenvalue weighted by Gasteiger charge is -2.42. The summed E-state index contributed by atoms with van der Waals surface area (Å²) < 4.78 is 5.41. The summed E-state index contributed by atoms with van der Waals surface area (Å²) in [4.78, 5) is 29.1. The Balaban J connectivity index is 0.00000267. The smallest absolute Gasteiger partial charge is 0.414 e. The molecule has 186 valence electrons. The van der Waals surface area contributed by atoms with Gasteiger partial charge < -0.3 is 15.6 Å². The van der Waals surface area contributed by atoms with Crippen LogP contribution in [0.15, 0.2) is 66.7 Å². The van der Waals surface area contributed by atoms with E-state index in [2.05, 4.69) is 4.90 Å². The number of piperidine rings is 1. The number of anilines is 1. The van der Waals surface area contributed by atoms with E-state index in [0.29, 0.717) is 32.5 Å². The molecule has 0 saturated carbocycles. The summed E-state index contributed by atoms with van der Waals surface area (Å²) in [5.41, 5.74) is 12.3. The molecule has 2 unspecified atom stereocenters. The van der Waals surface area contributed by atoms with Crippen molar-refractivity contribution in [1.82, 2.24) is 4.90 Å². The van der Waals surface area contributed by atoms with Gasteiger partial charge in [0.25, 0.3) is 0 Å². The largest absolute Gasteiger partial charge is 0.444 e. The SMILES string of the molecule is Cl.NC(=O)C(c1ccc2c(c1)C(O)c1ccccc1-2)N1CCC(N2C(=O)OCc3ccccc32)CC1. The molecule has 1 aliphatic carbocycles. The number of primary amides is 1. The minimum absolute atomic E-state index is 0. The summed E-state index contributed by atoms with van der Waals surface area (Å²) in [6.07, 6.45) is 0.365. The molecule has 2 aliphatic heterocycles. The maximum absolute atomic E-state index is 12.6. The van der Waals surface area contributed by atoms with Crippen LogP contribution in [-0.2, 0) is 16.1 Å². The predicted octanol–water partition coefficient (Wildman–Crippen LogP) is 4.32. The van der Waals surface area contributed by atoms with Gasteiger partial charge in [0.1, 0.15) is 18.8 Å². The molecule has 2 amide bonds. The van der Waals surface area contributed by atoms with Crippen LogP contribution in [0.25, 0.3) is 11.1 Å². The normalized spacial score (nSPS) is 20.0. The molecule has 36 heavy (non-hydrogen) atoms. The molecule has 3 aromatic carbocycles. The molecule has 1 saturated heterocycles. The molecule has 0 radical (unpaired) electrons. The van der Waals surface area contributed by atoms with Crippen molar-refractivity contribution >= 4 is 30.1 Å². The average Bonchev–Trinajstić information content (AvgIpc) is 3.16. The van der Waals surface area contributed by atoms with Crippen LogP contribution in [0.2, 0.25) is 0 Å². The highest BCUT2D eigenvalue weighted by molar-refractivity contribution is 5.91. The predicted molar refractivity (Wildman–Crippen MR) is 139 cm³/mol. The number of rotatable bonds is 4. The Morgan fingerprint density at radius 1 is 0.972 bits per heavy atom. The number of fused-ring (bicyclic) bond motifs is 4. The second-order valence-electron chi connectivity index (χ2n) is 9.46. The minimum Gasteiger partial charge on any atom is -0.444 e. The first-order valence-electron chi connectivity index (χ1n) is 12.0. The van der Waals surface area contributed by atoms with Crippen LogP contribution < -0.4 is 10.6 Å². The zero-order chi connectivity index (χ0) is 24.1. The van der Waals surface area contributed by atoms with E-state index >= 15 is 0 Å². The van der Waals surface area contributed by atoms with E-state index in [4.69, 9.17) is 10.5 Å². The monoisotopic (exact) mass is 505 g/mol. The zero-order valence-electron chi connectivity index (χ0n) is 19.7. The topological polar surface area (TPSA) is 96.1 Å². The second kappa shape index (κ2) is 9.58. The Labute approximate surface area is 215 Å². The number of carbonyl (C=O) groups excluding carboxylic acids is 2. The molecular formula is C28H28ClN3O4. The molecule has 3 N–H and O–H groups in total. The Bertz CT molecular complexity index is 1320. The van der Waals surface area contributed by atoms with E-state index in [0.717, 1.165) is 39.1 Å². The highest BCUT2D eigenvalue weighted by atomic mass is 35.5. The molecule has 0 bridgehead atoms. The number of likely N-dealkylation sites (tertiary alicyclic amines) is 1. The highest BCUT2D eigenvalue weighted by Gasteiger charge is 2.37. The van der Waals surface area contributed by atoms with Crippen molar-refractivity contribution in [2.24, 2.45) is 5.73 Å². The van der Waals surface area contributed by atoms with E-state index in [-0.39, 0.29) is 24.5 Å². The van der Waals surface area contributed by atoms with E-state index < -0.39 is 18.1 Å². The number of aliphatic hydroxyl groups excluding tert-OH is 1. The number of amides is 2. The Hall–Kier alpha value is -3.39. The first-order chi connectivity index (χ1) is 17.0. The van der Waals surface area contributed by atoms with Crippen LogP contribution in [-0.4, -0.2) is 41.1 Å². The number of halogens is 1. The molecule has 8 heteroatoms. The van der Waals surface area contributed by atoms with E-state index in [1.165, 1.54) is 0 Å². The van der Waals surface area contributed by atoms with Gasteiger partial charge in [-0.2, -0.15) is 0 Å². The van der Waals surface area contributed by atoms with Crippen molar-refractivity contribution in [3.63, 3.8) is 0 Å². The summed E-state index contributed by atoms with van der Waals surface area (Å²) in [5.74, 6) is -0.420. The first kappa shape index (κ1) is 24.3. The molecular weight excluding hydrogens is 478 g/mol. The van der Waals surface area contributed by atoms with Gasteiger partial charge >= 0.3 is 6.09 Å². The fraction of sp³-hybridized carbons (Fsp3) is 0.286. The lowest BCUT2D eigenvalue weighted by molar-refractivity contribution is -0.124. The van der Waals surface area contributed by atoms with Gasteiger partial charge in [-0.1, -0.05) is 60.7 Å². The third-order valence-electron chi connectivity index (χ3n) is 7.53. The number of ether oxygens (including phenoxy) is 1. The van der Waals surface area contributed by atoms with E-state index in [9.17, 15) is 14.7 Å². The van der Waals surface area contributed by atoms with Crippen LogP contribution in [0.4, 0.5) is 10.5 Å². The van der Waals surface area contributed by atoms with Crippen molar-refractivity contribution in [2.45, 2.75) is 37.6 Å². The number of carbonyl (C=O) groups is 2. The number of nitrogens with two attached hydrogens (primary N) is 1. The third-order valence-corrected chi connectivity index (χ3v) is 7.53. The van der Waals surface area contributed by atoms with Crippen LogP contribution in [0.5, 0.6) is 0 Å². The van der Waals surface area contributed by atoms with Crippen molar-refractivity contribution in [2.75, 3.05) is 18.0 Å². The minimum atomic E-state index is -0.717. The molecule has 6 rings (SSSR count). The fourth-order valence-electron chi connectivity index (χ4n) is 5.85. The highest BCUT2D eigenvalue weighted by Crippen LogP contribution is 2.44. The number of hydrogen-bond acceptors (Lipinski definition) is 5. The van der Waals surface area contributed by atoms with Crippen LogP contribution >= 0.6 is 12.4 Å². The van der Waals surface area contributed by atoms with Crippen LogP contribution in [0.1, 0.15) is 47.2 Å². The number of hydrogen-bond donors (Lipinski definition) is 2. The van der Waals surface area contributed by atoms with Crippen LogP contribution in [0.3, 0.4) is 0 Å². The summed E-state index contributed by atoms with van der Waals surface area (Å²) >= 11 is 0. The van der Waals surface area contributed by atoms with Crippen molar-refractivity contribution < 1.29 is 19.4 Å². The van der Waals surface area contributed by atoms with Gasteiger partial charge in [-0.3, -0.25) is 14.6 Å². The van der Waals surface area contributed by atoms with Gasteiger partial charge in [-0.05, 0) is 46.7 Å². The fourth-order valence-corrected chi connectivity index (χ4v) is 5.85. The molecule has 0 aromatic heterocycles. The molecule has 0 spiro atoms. The Kier molecular flexibility index (Phi) is 6.47. The standard InChI is InChI=1S/C28H27N3O4.ClH/c29-27(33)25(17-9-10-21-20-6-2-3-7-22(20)26(32)23(21)15-17)30-13-11-19(12-14-30)31-24-8-4-1-5-18(24)16-35-28(31)34;/h1-10,15,19,25-26,32H,11-14,16H2,(H2,29,33);1H. The Morgan fingerprint density at radius 3 is 2.44 bits per heavy atom. The van der Waals surface area contributed by atoms with E-state index in [1.54, 1.807) is 4.90 Å². The summed E-state index contributed by atoms with van der Waals surface area (Å²) in [7, 11) is 0. The summed E-state index contributed by atoms with van der Waals surface area (Å²) in [6.45, 7) is 1.52. The Morgan fingerprint density at radius 2 is 1.67 bits per heavy atom. The molecule has 7 nitrogen and oxygen atoms in total. The average molecular weight is 506 g/mol. The number of nitrogens with zero attached hydrogens (tertiary/aromatic N) is 2. The van der Waals surface area contributed by atoms with Gasteiger partial charge in [0, 0.05) is 24.7 Å². The number of benzene rings is 3.